The van der Waals surface area contributed by atoms with Crippen molar-refractivity contribution in [2.75, 3.05) is 0 Å². The predicted octanol–water partition coefficient (Wildman–Crippen LogP) is 2.14. The van der Waals surface area contributed by atoms with E-state index in [-0.39, 0.29) is 10.7 Å². The van der Waals surface area contributed by atoms with Crippen LogP contribution < -0.4 is 5.14 Å². The molecule has 2 aromatic rings. The monoisotopic (exact) mass is 383 g/mol. The van der Waals surface area contributed by atoms with Gasteiger partial charge in [0.05, 0.1) is 16.2 Å². The van der Waals surface area contributed by atoms with Gasteiger partial charge in [0, 0.05) is 6.20 Å². The van der Waals surface area contributed by atoms with Crippen molar-refractivity contribution < 1.29 is 26.2 Å². The van der Waals surface area contributed by atoms with Crippen molar-refractivity contribution in [3.05, 3.63) is 53.9 Å². The average molecular weight is 383 g/mol. The topological polar surface area (TPSA) is 88.4 Å². The molecule has 136 valence electrons. The van der Waals surface area contributed by atoms with Gasteiger partial charge in [-0.15, -0.1) is 0 Å². The molecule has 3 rings (SSSR count). The maximum atomic E-state index is 13.2. The van der Waals surface area contributed by atoms with Crippen molar-refractivity contribution in [3.63, 3.8) is 0 Å². The molecule has 0 saturated carbocycles. The normalized spacial score (nSPS) is 17.8. The fourth-order valence-electron chi connectivity index (χ4n) is 2.52. The van der Waals surface area contributed by atoms with Crippen LogP contribution in [0, 0.1) is 6.92 Å². The fraction of sp³-hybridized carbons (Fsp3) is 0.188. The van der Waals surface area contributed by atoms with Crippen molar-refractivity contribution >= 4 is 27.8 Å². The van der Waals surface area contributed by atoms with E-state index in [4.69, 9.17) is 5.14 Å². The van der Waals surface area contributed by atoms with Gasteiger partial charge in [-0.2, -0.15) is 17.7 Å². The van der Waals surface area contributed by atoms with Crippen LogP contribution in [0.5, 0.6) is 0 Å². The first-order chi connectivity index (χ1) is 12.1. The van der Waals surface area contributed by atoms with E-state index in [1.807, 2.05) is 0 Å². The maximum absolute atomic E-state index is 13.2. The summed E-state index contributed by atoms with van der Waals surface area (Å²) in [5.41, 5.74) is 1.30. The molecule has 1 atom stereocenters. The van der Waals surface area contributed by atoms with Crippen LogP contribution in [0.3, 0.4) is 0 Å². The van der Waals surface area contributed by atoms with E-state index in [0.717, 1.165) is 6.21 Å². The van der Waals surface area contributed by atoms with Crippen molar-refractivity contribution in [2.24, 2.45) is 10.1 Å². The number of nitrogens with two attached hydrogens (primary N) is 1. The predicted molar refractivity (Wildman–Crippen MR) is 89.2 cm³/mol. The molecular formula is C16H14F3N4O2S+. The smallest absolute Gasteiger partial charge is 0.261 e. The molecule has 2 N–H and O–H groups in total. The standard InChI is InChI=1S/C16H14F3N4O2S/c1-10-13(3-2-8-21-10)15-22-14(16(17,18)19)9-23(15)11-4-6-12(7-5-11)26(20,24)25/h2-9,14H,1H3,(H2,20,24,25)/q+1. The van der Waals surface area contributed by atoms with Gasteiger partial charge < -0.3 is 0 Å². The quantitative estimate of drug-likeness (QED) is 0.824. The Kier molecular flexibility index (Phi) is 4.41. The van der Waals surface area contributed by atoms with Crippen LogP contribution in [0.25, 0.3) is 0 Å². The van der Waals surface area contributed by atoms with E-state index >= 15 is 0 Å². The second-order valence-corrected chi connectivity index (χ2v) is 7.19. The summed E-state index contributed by atoms with van der Waals surface area (Å²) in [4.78, 5) is 7.75. The van der Waals surface area contributed by atoms with Gasteiger partial charge >= 0.3 is 12.0 Å². The molecule has 0 amide bonds. The van der Waals surface area contributed by atoms with Gasteiger partial charge in [-0.05, 0) is 43.3 Å². The summed E-state index contributed by atoms with van der Waals surface area (Å²) in [6, 6.07) is 6.43. The summed E-state index contributed by atoms with van der Waals surface area (Å²) in [7, 11) is -3.90. The largest absolute Gasteiger partial charge is 0.440 e. The molecule has 2 heterocycles. The maximum Gasteiger partial charge on any atom is 0.440 e. The molecule has 1 aromatic heterocycles. The number of pyridine rings is 1. The van der Waals surface area contributed by atoms with Crippen LogP contribution >= 0.6 is 0 Å². The number of primary sulfonamides is 1. The highest BCUT2D eigenvalue weighted by molar-refractivity contribution is 7.89. The lowest BCUT2D eigenvalue weighted by Gasteiger charge is -2.06. The number of aryl methyl sites for hydroxylation is 1. The molecule has 0 bridgehead atoms. The van der Waals surface area contributed by atoms with E-state index in [2.05, 4.69) is 9.98 Å². The van der Waals surface area contributed by atoms with Gasteiger partial charge in [-0.3, -0.25) is 4.98 Å². The van der Waals surface area contributed by atoms with E-state index in [9.17, 15) is 21.6 Å². The molecule has 1 aliphatic rings. The molecule has 26 heavy (non-hydrogen) atoms. The Labute approximate surface area is 147 Å². The van der Waals surface area contributed by atoms with E-state index in [1.165, 1.54) is 35.0 Å². The lowest BCUT2D eigenvalue weighted by atomic mass is 10.1. The Morgan fingerprint density at radius 3 is 2.35 bits per heavy atom. The lowest BCUT2D eigenvalue weighted by molar-refractivity contribution is -0.297. The molecule has 10 heteroatoms. The third kappa shape index (κ3) is 3.51. The summed E-state index contributed by atoms with van der Waals surface area (Å²) >= 11 is 0. The number of alkyl halides is 3. The molecule has 1 unspecified atom stereocenters. The van der Waals surface area contributed by atoms with E-state index in [1.54, 1.807) is 19.1 Å². The first-order valence-corrected chi connectivity index (χ1v) is 8.95. The summed E-state index contributed by atoms with van der Waals surface area (Å²) in [5.74, 6) is 0.0845. The second kappa shape index (κ2) is 6.29. The highest BCUT2D eigenvalue weighted by Crippen LogP contribution is 2.29. The van der Waals surface area contributed by atoms with Crippen molar-refractivity contribution in [3.8, 4) is 0 Å². The number of benzene rings is 1. The summed E-state index contributed by atoms with van der Waals surface area (Å²) < 4.78 is 63.5. The van der Waals surface area contributed by atoms with E-state index in [0.29, 0.717) is 16.9 Å². The van der Waals surface area contributed by atoms with Crippen molar-refractivity contribution in [1.29, 1.82) is 0 Å². The average Bonchev–Trinajstić information content (AvgIpc) is 3.00. The van der Waals surface area contributed by atoms with Gasteiger partial charge in [0.25, 0.3) is 6.04 Å². The highest BCUT2D eigenvalue weighted by atomic mass is 32.2. The Morgan fingerprint density at radius 2 is 1.81 bits per heavy atom. The molecule has 6 nitrogen and oxygen atoms in total. The third-order valence-corrected chi connectivity index (χ3v) is 4.74. The Hall–Kier alpha value is -2.59. The number of sulfonamides is 1. The minimum atomic E-state index is -4.54. The zero-order chi connectivity index (χ0) is 19.1. The van der Waals surface area contributed by atoms with Gasteiger partial charge in [0.1, 0.15) is 11.9 Å². The van der Waals surface area contributed by atoms with Gasteiger partial charge in [0.15, 0.2) is 0 Å². The number of aromatic nitrogens is 1. The van der Waals surface area contributed by atoms with Crippen LogP contribution in [-0.4, -0.2) is 42.2 Å². The number of hydrogen-bond donors (Lipinski definition) is 1. The second-order valence-electron chi connectivity index (χ2n) is 5.63. The number of rotatable bonds is 3. The molecular weight excluding hydrogens is 369 g/mol. The number of aliphatic imine (C=N–C) groups is 1. The van der Waals surface area contributed by atoms with Crippen LogP contribution in [0.1, 0.15) is 11.3 Å². The zero-order valence-electron chi connectivity index (χ0n) is 13.5. The first-order valence-electron chi connectivity index (χ1n) is 7.41. The third-order valence-electron chi connectivity index (χ3n) is 3.81. The molecule has 0 radical (unpaired) electrons. The molecule has 1 aromatic carbocycles. The zero-order valence-corrected chi connectivity index (χ0v) is 14.3. The Balaban J connectivity index is 2.11. The molecule has 0 fully saturated rings. The van der Waals surface area contributed by atoms with Gasteiger partial charge in [0.2, 0.25) is 10.0 Å². The van der Waals surface area contributed by atoms with Crippen LogP contribution in [0.4, 0.5) is 18.9 Å². The minimum absolute atomic E-state index is 0.0845. The molecule has 0 saturated heterocycles. The summed E-state index contributed by atoms with van der Waals surface area (Å²) in [5, 5.41) is 5.05. The highest BCUT2D eigenvalue weighted by Gasteiger charge is 2.49. The summed E-state index contributed by atoms with van der Waals surface area (Å²) in [6.45, 7) is 1.67. The van der Waals surface area contributed by atoms with Crippen LogP contribution in [-0.2, 0) is 10.0 Å². The van der Waals surface area contributed by atoms with Crippen molar-refractivity contribution in [1.82, 2.24) is 4.98 Å². The number of amidine groups is 1. The number of hydrogen-bond acceptors (Lipinski definition) is 4. The number of nitrogens with zero attached hydrogens (tertiary/aromatic N) is 3. The van der Waals surface area contributed by atoms with Crippen molar-refractivity contribution in [2.45, 2.75) is 24.0 Å². The molecule has 1 aliphatic heterocycles. The Morgan fingerprint density at radius 1 is 1.15 bits per heavy atom. The number of halogens is 3. The van der Waals surface area contributed by atoms with E-state index < -0.39 is 22.2 Å². The Bertz CT molecular complexity index is 1010. The van der Waals surface area contributed by atoms with Gasteiger partial charge in [-0.1, -0.05) is 4.99 Å². The SMILES string of the molecule is Cc1ncccc1C1=NC(C(F)(F)F)C=[N+]1c1ccc(S(N)(=O)=O)cc1. The van der Waals surface area contributed by atoms with Crippen LogP contribution in [0.15, 0.2) is 52.5 Å². The molecule has 0 aliphatic carbocycles. The van der Waals surface area contributed by atoms with Gasteiger partial charge in [-0.25, -0.2) is 13.6 Å². The van der Waals surface area contributed by atoms with Crippen LogP contribution in [0.2, 0.25) is 0 Å². The minimum Gasteiger partial charge on any atom is -0.261 e. The first kappa shape index (κ1) is 18.2. The fourth-order valence-corrected chi connectivity index (χ4v) is 3.04. The summed E-state index contributed by atoms with van der Waals surface area (Å²) in [6.07, 6.45) is -2.07. The molecule has 0 spiro atoms. The lowest BCUT2D eigenvalue weighted by Crippen LogP contribution is -2.27.